The quantitative estimate of drug-likeness (QED) is 0.259. The minimum Gasteiger partial charge on any atom is -0.465 e. The summed E-state index contributed by atoms with van der Waals surface area (Å²) in [5.74, 6) is 0.340. The molecule has 0 aliphatic heterocycles. The number of ether oxygens (including phenoxy) is 1. The molecule has 6 nitrogen and oxygen atoms in total. The van der Waals surface area contributed by atoms with E-state index in [4.69, 9.17) is 4.74 Å². The van der Waals surface area contributed by atoms with Crippen LogP contribution in [0.4, 0.5) is 5.69 Å². The SMILES string of the molecule is CC(=O)OCCSSc1ccc([N+](=O)[O-])cn1. The van der Waals surface area contributed by atoms with E-state index in [-0.39, 0.29) is 11.7 Å². The summed E-state index contributed by atoms with van der Waals surface area (Å²) < 4.78 is 4.75. The third kappa shape index (κ3) is 5.55. The number of carbonyl (C=O) groups is 1. The van der Waals surface area contributed by atoms with Gasteiger partial charge in [-0.05, 0) is 16.9 Å². The van der Waals surface area contributed by atoms with Gasteiger partial charge in [-0.1, -0.05) is 10.8 Å². The van der Waals surface area contributed by atoms with Gasteiger partial charge in [0.15, 0.2) is 0 Å². The number of aromatic nitrogens is 1. The maximum absolute atomic E-state index is 10.5. The number of nitro groups is 1. The lowest BCUT2D eigenvalue weighted by Crippen LogP contribution is -2.01. The van der Waals surface area contributed by atoms with Crippen LogP contribution >= 0.6 is 21.6 Å². The predicted octanol–water partition coefficient (Wildman–Crippen LogP) is 2.29. The lowest BCUT2D eigenvalue weighted by Gasteiger charge is -2.01. The first-order valence-electron chi connectivity index (χ1n) is 4.63. The Morgan fingerprint density at radius 1 is 1.59 bits per heavy atom. The van der Waals surface area contributed by atoms with Gasteiger partial charge in [0.25, 0.3) is 5.69 Å². The summed E-state index contributed by atoms with van der Waals surface area (Å²) in [5, 5.41) is 11.1. The van der Waals surface area contributed by atoms with Gasteiger partial charge in [-0.15, -0.1) is 0 Å². The molecular weight excluding hydrogens is 264 g/mol. The van der Waals surface area contributed by atoms with Crippen LogP contribution in [0.15, 0.2) is 23.4 Å². The van der Waals surface area contributed by atoms with Crippen LogP contribution in [0.5, 0.6) is 0 Å². The Kier molecular flexibility index (Phi) is 5.78. The summed E-state index contributed by atoms with van der Waals surface area (Å²) >= 11 is 0. The van der Waals surface area contributed by atoms with Crippen molar-refractivity contribution in [2.45, 2.75) is 11.9 Å². The molecule has 0 saturated carbocycles. The van der Waals surface area contributed by atoms with Crippen LogP contribution in [-0.2, 0) is 9.53 Å². The van der Waals surface area contributed by atoms with Crippen molar-refractivity contribution in [3.63, 3.8) is 0 Å². The highest BCUT2D eigenvalue weighted by atomic mass is 33.1. The maximum atomic E-state index is 10.5. The summed E-state index contributed by atoms with van der Waals surface area (Å²) in [7, 11) is 2.85. The first-order chi connectivity index (χ1) is 8.09. The average Bonchev–Trinajstić information content (AvgIpc) is 2.29. The molecule has 0 N–H and O–H groups in total. The second-order valence-electron chi connectivity index (χ2n) is 2.86. The molecule has 1 rings (SSSR count). The van der Waals surface area contributed by atoms with Gasteiger partial charge in [0, 0.05) is 18.7 Å². The van der Waals surface area contributed by atoms with Gasteiger partial charge in [-0.25, -0.2) is 4.98 Å². The van der Waals surface area contributed by atoms with Crippen LogP contribution in [0, 0.1) is 10.1 Å². The molecule has 17 heavy (non-hydrogen) atoms. The molecule has 0 amide bonds. The van der Waals surface area contributed by atoms with Crippen LogP contribution in [-0.4, -0.2) is 28.2 Å². The van der Waals surface area contributed by atoms with E-state index in [2.05, 4.69) is 4.98 Å². The van der Waals surface area contributed by atoms with E-state index in [9.17, 15) is 14.9 Å². The first-order valence-corrected chi connectivity index (χ1v) is 6.95. The zero-order chi connectivity index (χ0) is 12.7. The predicted molar refractivity (Wildman–Crippen MR) is 65.8 cm³/mol. The van der Waals surface area contributed by atoms with Crippen LogP contribution in [0.1, 0.15) is 6.92 Å². The second kappa shape index (κ2) is 7.13. The number of nitrogens with zero attached hydrogens (tertiary/aromatic N) is 2. The fourth-order valence-corrected chi connectivity index (χ4v) is 2.54. The first kappa shape index (κ1) is 13.8. The maximum Gasteiger partial charge on any atom is 0.302 e. The largest absolute Gasteiger partial charge is 0.465 e. The monoisotopic (exact) mass is 274 g/mol. The zero-order valence-corrected chi connectivity index (χ0v) is 10.6. The molecule has 0 fully saturated rings. The third-order valence-electron chi connectivity index (χ3n) is 1.55. The number of hydrogen-bond acceptors (Lipinski definition) is 7. The van der Waals surface area contributed by atoms with E-state index in [0.29, 0.717) is 17.4 Å². The Bertz CT molecular complexity index is 396. The molecule has 0 bridgehead atoms. The molecule has 0 aromatic carbocycles. The average molecular weight is 274 g/mol. The van der Waals surface area contributed by atoms with Crippen molar-refractivity contribution in [2.75, 3.05) is 12.4 Å². The van der Waals surface area contributed by atoms with Gasteiger partial charge in [0.05, 0.1) is 4.92 Å². The van der Waals surface area contributed by atoms with Crippen molar-refractivity contribution in [3.8, 4) is 0 Å². The molecule has 92 valence electrons. The van der Waals surface area contributed by atoms with Crippen LogP contribution in [0.2, 0.25) is 0 Å². The molecule has 0 radical (unpaired) electrons. The van der Waals surface area contributed by atoms with Crippen molar-refractivity contribution < 1.29 is 14.5 Å². The minimum atomic E-state index is -0.491. The van der Waals surface area contributed by atoms with E-state index >= 15 is 0 Å². The lowest BCUT2D eigenvalue weighted by atomic mass is 10.4. The number of esters is 1. The molecule has 1 aromatic rings. The molecule has 0 aliphatic rings. The summed E-state index contributed by atoms with van der Waals surface area (Å²) in [5.41, 5.74) is -0.0285. The smallest absolute Gasteiger partial charge is 0.302 e. The summed E-state index contributed by atoms with van der Waals surface area (Å²) in [6.07, 6.45) is 1.22. The normalized spacial score (nSPS) is 9.94. The highest BCUT2D eigenvalue weighted by molar-refractivity contribution is 8.76. The Morgan fingerprint density at radius 3 is 2.88 bits per heavy atom. The topological polar surface area (TPSA) is 82.3 Å². The zero-order valence-electron chi connectivity index (χ0n) is 8.99. The standard InChI is InChI=1S/C9H10N2O4S2/c1-7(12)15-4-5-16-17-9-3-2-8(6-10-9)11(13)14/h2-3,6H,4-5H2,1H3. The molecule has 0 unspecified atom stereocenters. The van der Waals surface area contributed by atoms with Crippen molar-refractivity contribution >= 4 is 33.2 Å². The van der Waals surface area contributed by atoms with E-state index in [1.165, 1.54) is 40.8 Å². The molecule has 0 spiro atoms. The molecular formula is C9H10N2O4S2. The fourth-order valence-electron chi connectivity index (χ4n) is 0.851. The van der Waals surface area contributed by atoms with Crippen molar-refractivity contribution in [1.82, 2.24) is 4.98 Å². The second-order valence-corrected chi connectivity index (χ2v) is 5.29. The number of carbonyl (C=O) groups excluding carboxylic acids is 1. The van der Waals surface area contributed by atoms with Gasteiger partial charge in [-0.2, -0.15) is 0 Å². The third-order valence-corrected chi connectivity index (χ3v) is 3.78. The Morgan fingerprint density at radius 2 is 2.35 bits per heavy atom. The van der Waals surface area contributed by atoms with Crippen LogP contribution < -0.4 is 0 Å². The molecule has 1 aromatic heterocycles. The molecule has 0 atom stereocenters. The molecule has 8 heteroatoms. The van der Waals surface area contributed by atoms with Crippen LogP contribution in [0.25, 0.3) is 0 Å². The van der Waals surface area contributed by atoms with Gasteiger partial charge in [0.1, 0.15) is 17.8 Å². The Hall–Kier alpha value is -1.28. The molecule has 1 heterocycles. The van der Waals surface area contributed by atoms with Gasteiger partial charge < -0.3 is 4.74 Å². The number of pyridine rings is 1. The Balaban J connectivity index is 2.27. The van der Waals surface area contributed by atoms with Gasteiger partial charge in [0.2, 0.25) is 0 Å². The van der Waals surface area contributed by atoms with Gasteiger partial charge in [-0.3, -0.25) is 14.9 Å². The van der Waals surface area contributed by atoms with Gasteiger partial charge >= 0.3 is 5.97 Å². The number of rotatable bonds is 6. The fraction of sp³-hybridized carbons (Fsp3) is 0.333. The Labute approximate surface area is 106 Å². The van der Waals surface area contributed by atoms with Crippen molar-refractivity contribution in [1.29, 1.82) is 0 Å². The van der Waals surface area contributed by atoms with Crippen molar-refractivity contribution in [2.24, 2.45) is 0 Å². The molecule has 0 aliphatic carbocycles. The lowest BCUT2D eigenvalue weighted by molar-refractivity contribution is -0.385. The van der Waals surface area contributed by atoms with E-state index in [1.54, 1.807) is 6.07 Å². The highest BCUT2D eigenvalue weighted by Crippen LogP contribution is 2.29. The van der Waals surface area contributed by atoms with Crippen molar-refractivity contribution in [3.05, 3.63) is 28.4 Å². The van der Waals surface area contributed by atoms with E-state index in [1.807, 2.05) is 0 Å². The van der Waals surface area contributed by atoms with E-state index < -0.39 is 4.92 Å². The summed E-state index contributed by atoms with van der Waals surface area (Å²) in [6.45, 7) is 1.70. The summed E-state index contributed by atoms with van der Waals surface area (Å²) in [4.78, 5) is 24.3. The van der Waals surface area contributed by atoms with E-state index in [0.717, 1.165) is 0 Å². The number of hydrogen-bond donors (Lipinski definition) is 0. The van der Waals surface area contributed by atoms with Crippen LogP contribution in [0.3, 0.4) is 0 Å². The summed E-state index contributed by atoms with van der Waals surface area (Å²) in [6, 6.07) is 2.99. The minimum absolute atomic E-state index is 0.0285. The highest BCUT2D eigenvalue weighted by Gasteiger charge is 2.05. The molecule has 0 saturated heterocycles.